The van der Waals surface area contributed by atoms with Crippen LogP contribution in [-0.2, 0) is 0 Å². The van der Waals surface area contributed by atoms with Gasteiger partial charge in [0.1, 0.15) is 0 Å². The van der Waals surface area contributed by atoms with Crippen LogP contribution in [0.1, 0.15) is 12.8 Å². The fraction of sp³-hybridized carbons (Fsp3) is 0.667. The van der Waals surface area contributed by atoms with Gasteiger partial charge in [-0.05, 0) is 30.2 Å². The molecule has 0 radical (unpaired) electrons. The Balaban J connectivity index is 2.69. The van der Waals surface area contributed by atoms with Crippen molar-refractivity contribution in [2.24, 2.45) is 0 Å². The van der Waals surface area contributed by atoms with Crippen molar-refractivity contribution in [1.82, 2.24) is 5.32 Å². The van der Waals surface area contributed by atoms with Crippen LogP contribution in [0.25, 0.3) is 0 Å². The largest absolute Gasteiger partial charge is 0.373 e. The molecule has 1 fully saturated rings. The number of hydrogen-bond donors (Lipinski definition) is 1. The second-order valence-electron chi connectivity index (χ2n) is 2.36. The lowest BCUT2D eigenvalue weighted by Gasteiger charge is -2.02. The highest BCUT2D eigenvalue weighted by Crippen LogP contribution is 2.23. The second kappa shape index (κ2) is 4.57. The van der Waals surface area contributed by atoms with Crippen molar-refractivity contribution >= 4 is 23.4 Å². The third kappa shape index (κ3) is 2.57. The standard InChI is InChI=1S/C6H9ClN2O2S/c7-5(9(10)11)6-8-3-1-2-4-12-6/h8H,1-4H2/b6-5+. The average Bonchev–Trinajstić information content (AvgIpc) is 2.30. The van der Waals surface area contributed by atoms with E-state index in [1.165, 1.54) is 11.8 Å². The zero-order valence-electron chi connectivity index (χ0n) is 6.38. The first-order chi connectivity index (χ1) is 5.72. The van der Waals surface area contributed by atoms with Crippen LogP contribution >= 0.6 is 23.4 Å². The summed E-state index contributed by atoms with van der Waals surface area (Å²) in [5.74, 6) is 0.895. The molecule has 0 bridgehead atoms. The molecule has 0 amide bonds. The van der Waals surface area contributed by atoms with E-state index in [-0.39, 0.29) is 5.16 Å². The Hall–Kier alpha value is -0.420. The maximum atomic E-state index is 10.3. The first kappa shape index (κ1) is 9.67. The van der Waals surface area contributed by atoms with Gasteiger partial charge in [-0.15, -0.1) is 11.8 Å². The highest BCUT2D eigenvalue weighted by molar-refractivity contribution is 8.03. The summed E-state index contributed by atoms with van der Waals surface area (Å²) in [7, 11) is 0. The first-order valence-corrected chi connectivity index (χ1v) is 4.99. The lowest BCUT2D eigenvalue weighted by Crippen LogP contribution is -2.13. The smallest absolute Gasteiger partial charge is 0.366 e. The minimum absolute atomic E-state index is 0.290. The predicted octanol–water partition coefficient (Wildman–Crippen LogP) is 1.75. The Morgan fingerprint density at radius 2 is 2.42 bits per heavy atom. The summed E-state index contributed by atoms with van der Waals surface area (Å²) in [6, 6.07) is 0. The quantitative estimate of drug-likeness (QED) is 0.405. The van der Waals surface area contributed by atoms with Crippen molar-refractivity contribution in [2.75, 3.05) is 12.3 Å². The zero-order valence-corrected chi connectivity index (χ0v) is 7.95. The highest BCUT2D eigenvalue weighted by atomic mass is 35.5. The number of rotatable bonds is 1. The van der Waals surface area contributed by atoms with Gasteiger partial charge in [0.2, 0.25) is 0 Å². The van der Waals surface area contributed by atoms with Gasteiger partial charge in [0.25, 0.3) is 0 Å². The lowest BCUT2D eigenvalue weighted by molar-refractivity contribution is -0.413. The summed E-state index contributed by atoms with van der Waals surface area (Å²) in [6.45, 7) is 0.770. The van der Waals surface area contributed by atoms with E-state index in [1.54, 1.807) is 0 Å². The summed E-state index contributed by atoms with van der Waals surface area (Å²) in [5.41, 5.74) is 0. The summed E-state index contributed by atoms with van der Waals surface area (Å²) in [5, 5.41) is 13.4. The van der Waals surface area contributed by atoms with Gasteiger partial charge in [-0.25, -0.2) is 0 Å². The summed E-state index contributed by atoms with van der Waals surface area (Å²) in [6.07, 6.45) is 2.11. The minimum Gasteiger partial charge on any atom is -0.373 e. The molecule has 0 unspecified atom stereocenters. The van der Waals surface area contributed by atoms with Crippen LogP contribution in [0, 0.1) is 10.1 Å². The van der Waals surface area contributed by atoms with Crippen LogP contribution in [0.2, 0.25) is 0 Å². The fourth-order valence-electron chi connectivity index (χ4n) is 0.870. The number of nitro groups is 1. The SMILES string of the molecule is O=[N+]([O-])/C(Cl)=C1\NCCCCS1. The molecule has 1 saturated heterocycles. The maximum absolute atomic E-state index is 10.3. The average molecular weight is 209 g/mol. The van der Waals surface area contributed by atoms with Crippen LogP contribution in [0.4, 0.5) is 0 Å². The molecule has 1 N–H and O–H groups in total. The molecule has 12 heavy (non-hydrogen) atoms. The van der Waals surface area contributed by atoms with Crippen LogP contribution in [0.15, 0.2) is 10.2 Å². The van der Waals surface area contributed by atoms with Crippen molar-refractivity contribution in [3.05, 3.63) is 20.3 Å². The highest BCUT2D eigenvalue weighted by Gasteiger charge is 2.17. The van der Waals surface area contributed by atoms with Crippen molar-refractivity contribution in [3.8, 4) is 0 Å². The van der Waals surface area contributed by atoms with Crippen molar-refractivity contribution in [1.29, 1.82) is 0 Å². The summed E-state index contributed by atoms with van der Waals surface area (Å²) in [4.78, 5) is 9.71. The van der Waals surface area contributed by atoms with Gasteiger partial charge in [0.05, 0.1) is 4.92 Å². The Kier molecular flexibility index (Phi) is 3.68. The van der Waals surface area contributed by atoms with E-state index in [0.29, 0.717) is 5.03 Å². The molecule has 1 aliphatic rings. The van der Waals surface area contributed by atoms with E-state index >= 15 is 0 Å². The first-order valence-electron chi connectivity index (χ1n) is 3.62. The molecule has 0 aromatic heterocycles. The zero-order chi connectivity index (χ0) is 8.97. The maximum Gasteiger partial charge on any atom is 0.366 e. The summed E-state index contributed by atoms with van der Waals surface area (Å²) >= 11 is 6.88. The van der Waals surface area contributed by atoms with Crippen LogP contribution in [0.5, 0.6) is 0 Å². The molecule has 0 aromatic rings. The molecule has 0 spiro atoms. The number of hydrogen-bond acceptors (Lipinski definition) is 4. The van der Waals surface area contributed by atoms with Gasteiger partial charge < -0.3 is 5.32 Å². The summed E-state index contributed by atoms with van der Waals surface area (Å²) < 4.78 is 0. The van der Waals surface area contributed by atoms with Crippen LogP contribution in [-0.4, -0.2) is 17.2 Å². The molecule has 0 aliphatic carbocycles. The van der Waals surface area contributed by atoms with Gasteiger partial charge >= 0.3 is 5.16 Å². The normalized spacial score (nSPS) is 22.4. The molecule has 0 saturated carbocycles. The fourth-order valence-corrected chi connectivity index (χ4v) is 2.05. The molecule has 1 rings (SSSR count). The molecule has 4 nitrogen and oxygen atoms in total. The minimum atomic E-state index is -0.567. The third-order valence-electron chi connectivity index (χ3n) is 1.45. The van der Waals surface area contributed by atoms with E-state index in [0.717, 1.165) is 25.1 Å². The van der Waals surface area contributed by atoms with Gasteiger partial charge in [0.15, 0.2) is 5.03 Å². The van der Waals surface area contributed by atoms with E-state index in [4.69, 9.17) is 11.6 Å². The molecule has 68 valence electrons. The Bertz CT molecular complexity index is 210. The number of nitrogens with zero attached hydrogens (tertiary/aromatic N) is 1. The number of nitrogens with one attached hydrogen (secondary N) is 1. The second-order valence-corrected chi connectivity index (χ2v) is 3.82. The van der Waals surface area contributed by atoms with E-state index in [9.17, 15) is 10.1 Å². The Labute approximate surface area is 79.5 Å². The van der Waals surface area contributed by atoms with E-state index < -0.39 is 4.92 Å². The number of thioether (sulfide) groups is 1. The molecular formula is C6H9ClN2O2S. The van der Waals surface area contributed by atoms with Gasteiger partial charge in [-0.3, -0.25) is 10.1 Å². The van der Waals surface area contributed by atoms with Crippen LogP contribution in [0.3, 0.4) is 0 Å². The molecular weight excluding hydrogens is 200 g/mol. The van der Waals surface area contributed by atoms with E-state index in [2.05, 4.69) is 5.32 Å². The lowest BCUT2D eigenvalue weighted by atomic mass is 10.3. The topological polar surface area (TPSA) is 55.2 Å². The van der Waals surface area contributed by atoms with Crippen LogP contribution < -0.4 is 5.32 Å². The monoisotopic (exact) mass is 208 g/mol. The van der Waals surface area contributed by atoms with Gasteiger partial charge in [-0.2, -0.15) is 0 Å². The Morgan fingerprint density at radius 3 is 3.08 bits per heavy atom. The molecule has 1 aliphatic heterocycles. The molecule has 0 aromatic carbocycles. The van der Waals surface area contributed by atoms with Crippen molar-refractivity contribution in [2.45, 2.75) is 12.8 Å². The Morgan fingerprint density at radius 1 is 1.67 bits per heavy atom. The molecule has 0 atom stereocenters. The van der Waals surface area contributed by atoms with E-state index in [1.807, 2.05) is 0 Å². The predicted molar refractivity (Wildman–Crippen MR) is 49.6 cm³/mol. The van der Waals surface area contributed by atoms with Gasteiger partial charge in [-0.1, -0.05) is 0 Å². The third-order valence-corrected chi connectivity index (χ3v) is 3.01. The van der Waals surface area contributed by atoms with Crippen molar-refractivity contribution in [3.63, 3.8) is 0 Å². The van der Waals surface area contributed by atoms with Crippen molar-refractivity contribution < 1.29 is 4.92 Å². The molecule has 6 heteroatoms. The number of halogens is 1. The molecule has 1 heterocycles. The van der Waals surface area contributed by atoms with Gasteiger partial charge in [0, 0.05) is 6.54 Å².